The summed E-state index contributed by atoms with van der Waals surface area (Å²) in [5.74, 6) is -0.877. The van der Waals surface area contributed by atoms with Crippen molar-refractivity contribution < 1.29 is 19.1 Å². The maximum absolute atomic E-state index is 13.1. The summed E-state index contributed by atoms with van der Waals surface area (Å²) in [6.07, 6.45) is 1.44. The monoisotopic (exact) mass is 632 g/mol. The van der Waals surface area contributed by atoms with E-state index in [9.17, 15) is 14.4 Å². The highest BCUT2D eigenvalue weighted by Gasteiger charge is 2.36. The molecule has 1 heterocycles. The molecule has 0 atom stereocenters. The van der Waals surface area contributed by atoms with E-state index in [1.807, 2.05) is 30.3 Å². The van der Waals surface area contributed by atoms with Crippen molar-refractivity contribution >= 4 is 77.4 Å². The van der Waals surface area contributed by atoms with Crippen molar-refractivity contribution in [3.8, 4) is 5.75 Å². The molecule has 1 aliphatic heterocycles. The van der Waals surface area contributed by atoms with E-state index >= 15 is 0 Å². The smallest absolute Gasteiger partial charge is 0.335 e. The van der Waals surface area contributed by atoms with Gasteiger partial charge in [0.2, 0.25) is 0 Å². The number of hydrogen-bond acceptors (Lipinski definition) is 4. The molecule has 1 aliphatic rings. The highest BCUT2D eigenvalue weighted by Crippen LogP contribution is 2.36. The lowest BCUT2D eigenvalue weighted by Gasteiger charge is -2.26. The molecule has 9 heteroatoms. The summed E-state index contributed by atoms with van der Waals surface area (Å²) in [6, 6.07) is 19.1. The molecule has 3 aromatic carbocycles. The van der Waals surface area contributed by atoms with Crippen LogP contribution in [0.1, 0.15) is 11.1 Å². The van der Waals surface area contributed by atoms with Crippen LogP contribution in [0.15, 0.2) is 85.7 Å². The van der Waals surface area contributed by atoms with Gasteiger partial charge in [-0.25, -0.2) is 9.69 Å². The van der Waals surface area contributed by atoms with Gasteiger partial charge in [0, 0.05) is 4.47 Å². The molecule has 0 aromatic heterocycles. The number of carbonyl (C=O) groups is 3. The van der Waals surface area contributed by atoms with E-state index in [-0.39, 0.29) is 5.57 Å². The van der Waals surface area contributed by atoms with Gasteiger partial charge in [0.1, 0.15) is 17.9 Å². The Kier molecular flexibility index (Phi) is 7.11. The third-order valence-corrected chi connectivity index (χ3v) is 6.40. The van der Waals surface area contributed by atoms with Crippen molar-refractivity contribution in [2.45, 2.75) is 6.61 Å². The topological polar surface area (TPSA) is 75.7 Å². The maximum atomic E-state index is 13.1. The number of hydrogen-bond donors (Lipinski definition) is 1. The number of nitrogens with one attached hydrogen (secondary N) is 1. The van der Waals surface area contributed by atoms with Crippen LogP contribution in [0, 0.1) is 0 Å². The zero-order valence-electron chi connectivity index (χ0n) is 16.8. The first kappa shape index (κ1) is 23.4. The number of nitrogens with zero attached hydrogens (tertiary/aromatic N) is 1. The van der Waals surface area contributed by atoms with Crippen molar-refractivity contribution in [3.63, 3.8) is 0 Å². The molecule has 0 bridgehead atoms. The van der Waals surface area contributed by atoms with E-state index in [1.165, 1.54) is 6.08 Å². The molecule has 4 amide bonds. The molecule has 0 unspecified atom stereocenters. The standard InChI is InChI=1S/C24H15Br3N2O4/c25-16-7-4-8-17(12-16)29-23(31)18(22(30)28-24(29)32)9-15-10-19(26)21(20(27)11-15)33-13-14-5-2-1-3-6-14/h1-12H,13H2,(H,28,30,32)/b18-9+. The molecule has 0 aliphatic carbocycles. The molecule has 0 radical (unpaired) electrons. The maximum Gasteiger partial charge on any atom is 0.335 e. The van der Waals surface area contributed by atoms with Gasteiger partial charge < -0.3 is 4.74 Å². The number of halogens is 3. The Morgan fingerprint density at radius 3 is 2.24 bits per heavy atom. The first-order chi connectivity index (χ1) is 15.8. The van der Waals surface area contributed by atoms with Gasteiger partial charge >= 0.3 is 6.03 Å². The molecule has 0 spiro atoms. The van der Waals surface area contributed by atoms with Crippen LogP contribution in [0.4, 0.5) is 10.5 Å². The zero-order chi connectivity index (χ0) is 23.5. The molecule has 1 saturated heterocycles. The molecule has 33 heavy (non-hydrogen) atoms. The minimum absolute atomic E-state index is 0.161. The van der Waals surface area contributed by atoms with Gasteiger partial charge in [0.25, 0.3) is 11.8 Å². The highest BCUT2D eigenvalue weighted by atomic mass is 79.9. The third-order valence-electron chi connectivity index (χ3n) is 4.73. The normalized spacial score (nSPS) is 15.1. The van der Waals surface area contributed by atoms with Gasteiger partial charge in [0.15, 0.2) is 0 Å². The molecule has 166 valence electrons. The van der Waals surface area contributed by atoms with E-state index in [2.05, 4.69) is 53.1 Å². The SMILES string of the molecule is O=C1NC(=O)N(c2cccc(Br)c2)C(=O)/C1=C/c1cc(Br)c(OCc2ccccc2)c(Br)c1. The second kappa shape index (κ2) is 10.0. The molecule has 1 fully saturated rings. The van der Waals surface area contributed by atoms with E-state index in [0.29, 0.717) is 37.0 Å². The van der Waals surface area contributed by atoms with Crippen LogP contribution in [0.2, 0.25) is 0 Å². The van der Waals surface area contributed by atoms with Crippen molar-refractivity contribution in [2.24, 2.45) is 0 Å². The van der Waals surface area contributed by atoms with Crippen LogP contribution in [0.5, 0.6) is 5.75 Å². The van der Waals surface area contributed by atoms with Crippen LogP contribution >= 0.6 is 47.8 Å². The largest absolute Gasteiger partial charge is 0.487 e. The van der Waals surface area contributed by atoms with Crippen LogP contribution in [0.3, 0.4) is 0 Å². The number of imide groups is 2. The fraction of sp³-hybridized carbons (Fsp3) is 0.0417. The fourth-order valence-corrected chi connectivity index (χ4v) is 5.04. The summed E-state index contributed by atoms with van der Waals surface area (Å²) in [5, 5.41) is 2.22. The van der Waals surface area contributed by atoms with Crippen molar-refractivity contribution in [1.82, 2.24) is 5.32 Å². The summed E-state index contributed by atoms with van der Waals surface area (Å²) >= 11 is 10.3. The summed E-state index contributed by atoms with van der Waals surface area (Å²) in [4.78, 5) is 38.8. The summed E-state index contributed by atoms with van der Waals surface area (Å²) in [7, 11) is 0. The van der Waals surface area contributed by atoms with Gasteiger partial charge in [-0.1, -0.05) is 52.3 Å². The molecule has 3 aromatic rings. The lowest BCUT2D eigenvalue weighted by molar-refractivity contribution is -0.122. The number of carbonyl (C=O) groups excluding carboxylic acids is 3. The Hall–Kier alpha value is -2.75. The summed E-state index contributed by atoms with van der Waals surface area (Å²) in [5.41, 5.74) is 1.77. The van der Waals surface area contributed by atoms with Gasteiger partial charge in [-0.3, -0.25) is 14.9 Å². The van der Waals surface area contributed by atoms with Crippen molar-refractivity contribution in [1.29, 1.82) is 0 Å². The van der Waals surface area contributed by atoms with Crippen LogP contribution in [-0.4, -0.2) is 17.8 Å². The molecule has 4 rings (SSSR count). The lowest BCUT2D eigenvalue weighted by atomic mass is 10.1. The average molecular weight is 635 g/mol. The van der Waals surface area contributed by atoms with E-state index < -0.39 is 17.8 Å². The Morgan fingerprint density at radius 1 is 0.879 bits per heavy atom. The minimum Gasteiger partial charge on any atom is -0.487 e. The van der Waals surface area contributed by atoms with Crippen LogP contribution in [0.25, 0.3) is 6.08 Å². The Labute approximate surface area is 215 Å². The quantitative estimate of drug-likeness (QED) is 0.267. The predicted octanol–water partition coefficient (Wildman–Crippen LogP) is 6.22. The number of barbiturate groups is 1. The van der Waals surface area contributed by atoms with Crippen LogP contribution < -0.4 is 15.0 Å². The molecule has 6 nitrogen and oxygen atoms in total. The van der Waals surface area contributed by atoms with E-state index in [1.54, 1.807) is 36.4 Å². The molecular weight excluding hydrogens is 620 g/mol. The van der Waals surface area contributed by atoms with Crippen LogP contribution in [-0.2, 0) is 16.2 Å². The van der Waals surface area contributed by atoms with E-state index in [4.69, 9.17) is 4.74 Å². The lowest BCUT2D eigenvalue weighted by Crippen LogP contribution is -2.54. The number of urea groups is 1. The third kappa shape index (κ3) is 5.26. The number of benzene rings is 3. The zero-order valence-corrected chi connectivity index (χ0v) is 21.6. The second-order valence-corrected chi connectivity index (χ2v) is 9.65. The average Bonchev–Trinajstić information content (AvgIpc) is 2.77. The Balaban J connectivity index is 1.62. The number of rotatable bonds is 5. The van der Waals surface area contributed by atoms with E-state index in [0.717, 1.165) is 10.5 Å². The van der Waals surface area contributed by atoms with Gasteiger partial charge in [-0.15, -0.1) is 0 Å². The summed E-state index contributed by atoms with van der Waals surface area (Å²) < 4.78 is 7.90. The second-order valence-electron chi connectivity index (χ2n) is 7.03. The highest BCUT2D eigenvalue weighted by molar-refractivity contribution is 9.11. The Bertz CT molecular complexity index is 1270. The first-order valence-corrected chi connectivity index (χ1v) is 12.0. The predicted molar refractivity (Wildman–Crippen MR) is 136 cm³/mol. The van der Waals surface area contributed by atoms with Crippen molar-refractivity contribution in [2.75, 3.05) is 4.90 Å². The number of amides is 4. The van der Waals surface area contributed by atoms with Crippen molar-refractivity contribution in [3.05, 3.63) is 96.8 Å². The Morgan fingerprint density at radius 2 is 1.58 bits per heavy atom. The molecule has 1 N–H and O–H groups in total. The van der Waals surface area contributed by atoms with Gasteiger partial charge in [-0.05, 0) is 79.4 Å². The number of anilines is 1. The molecule has 0 saturated carbocycles. The summed E-state index contributed by atoms with van der Waals surface area (Å²) in [6.45, 7) is 0.378. The number of ether oxygens (including phenoxy) is 1. The van der Waals surface area contributed by atoms with Gasteiger partial charge in [0.05, 0.1) is 14.6 Å². The molecular formula is C24H15Br3N2O4. The first-order valence-electron chi connectivity index (χ1n) is 9.66. The van der Waals surface area contributed by atoms with Gasteiger partial charge in [-0.2, -0.15) is 0 Å². The fourth-order valence-electron chi connectivity index (χ4n) is 3.20. The minimum atomic E-state index is -0.799.